The van der Waals surface area contributed by atoms with Crippen LogP contribution in [0.2, 0.25) is 0 Å². The van der Waals surface area contributed by atoms with E-state index in [0.29, 0.717) is 22.7 Å². The van der Waals surface area contributed by atoms with Crippen molar-refractivity contribution in [2.24, 2.45) is 0 Å². The van der Waals surface area contributed by atoms with Crippen LogP contribution in [0.25, 0.3) is 21.9 Å². The zero-order valence-corrected chi connectivity index (χ0v) is 16.0. The number of hydrogen-bond donors (Lipinski definition) is 1. The van der Waals surface area contributed by atoms with Crippen LogP contribution < -0.4 is 10.9 Å². The topological polar surface area (TPSA) is 85.3 Å². The number of rotatable bonds is 4. The van der Waals surface area contributed by atoms with E-state index in [2.05, 4.69) is 10.3 Å². The van der Waals surface area contributed by atoms with Crippen LogP contribution in [0.1, 0.15) is 28.7 Å². The molecule has 0 saturated carbocycles. The molecular formula is C20H18N2O4S. The van der Waals surface area contributed by atoms with Gasteiger partial charge in [0.2, 0.25) is 5.91 Å². The Bertz CT molecular complexity index is 1220. The summed E-state index contributed by atoms with van der Waals surface area (Å²) < 4.78 is 11.2. The molecule has 0 aliphatic heterocycles. The van der Waals surface area contributed by atoms with Crippen molar-refractivity contribution in [3.8, 4) is 0 Å². The number of nitrogens with one attached hydrogen (secondary N) is 1. The molecule has 0 saturated heterocycles. The number of benzene rings is 1. The fraction of sp³-hybridized carbons (Fsp3) is 0.250. The predicted molar refractivity (Wildman–Crippen MR) is 106 cm³/mol. The zero-order chi connectivity index (χ0) is 19.1. The Kier molecular flexibility index (Phi) is 4.31. The third kappa shape index (κ3) is 3.04. The summed E-state index contributed by atoms with van der Waals surface area (Å²) >= 11 is 1.35. The van der Waals surface area contributed by atoms with Crippen molar-refractivity contribution >= 4 is 44.3 Å². The van der Waals surface area contributed by atoms with E-state index in [0.717, 1.165) is 33.0 Å². The Morgan fingerprint density at radius 3 is 2.74 bits per heavy atom. The lowest BCUT2D eigenvalue weighted by Crippen LogP contribution is -2.16. The molecule has 0 radical (unpaired) electrons. The van der Waals surface area contributed by atoms with Gasteiger partial charge in [-0.25, -0.2) is 9.78 Å². The molecule has 1 amide bonds. The molecule has 3 aromatic heterocycles. The molecule has 1 aromatic carbocycles. The van der Waals surface area contributed by atoms with Crippen LogP contribution in [0.4, 0.5) is 5.13 Å². The second-order valence-corrected chi connectivity index (χ2v) is 7.45. The van der Waals surface area contributed by atoms with Crippen molar-refractivity contribution in [2.75, 3.05) is 5.32 Å². The lowest BCUT2D eigenvalue weighted by atomic mass is 9.98. The van der Waals surface area contributed by atoms with E-state index >= 15 is 0 Å². The third-order valence-electron chi connectivity index (χ3n) is 4.82. The number of amides is 1. The molecule has 1 N–H and O–H groups in total. The first kappa shape index (κ1) is 17.5. The van der Waals surface area contributed by atoms with E-state index in [4.69, 9.17) is 8.83 Å². The minimum atomic E-state index is -0.409. The number of furan rings is 1. The number of aromatic nitrogens is 1. The van der Waals surface area contributed by atoms with Crippen LogP contribution in [0.15, 0.2) is 37.5 Å². The van der Waals surface area contributed by atoms with Crippen molar-refractivity contribution in [2.45, 2.75) is 33.6 Å². The van der Waals surface area contributed by atoms with E-state index in [9.17, 15) is 9.59 Å². The van der Waals surface area contributed by atoms with Gasteiger partial charge in [-0.3, -0.25) is 4.79 Å². The Balaban J connectivity index is 1.70. The van der Waals surface area contributed by atoms with Crippen molar-refractivity contribution in [1.82, 2.24) is 4.98 Å². The molecule has 138 valence electrons. The maximum absolute atomic E-state index is 12.5. The van der Waals surface area contributed by atoms with Crippen LogP contribution >= 0.6 is 11.3 Å². The van der Waals surface area contributed by atoms with Gasteiger partial charge in [0.15, 0.2) is 5.13 Å². The highest BCUT2D eigenvalue weighted by molar-refractivity contribution is 7.13. The van der Waals surface area contributed by atoms with Crippen molar-refractivity contribution in [3.05, 3.63) is 56.6 Å². The fourth-order valence-corrected chi connectivity index (χ4v) is 3.86. The molecule has 0 bridgehead atoms. The van der Waals surface area contributed by atoms with Crippen LogP contribution in [0.3, 0.4) is 0 Å². The number of aryl methyl sites for hydroxylation is 3. The van der Waals surface area contributed by atoms with Gasteiger partial charge in [0.1, 0.15) is 11.2 Å². The lowest BCUT2D eigenvalue weighted by molar-refractivity contribution is -0.116. The van der Waals surface area contributed by atoms with Crippen molar-refractivity contribution in [3.63, 3.8) is 0 Å². The maximum Gasteiger partial charge on any atom is 0.339 e. The SMILES string of the molecule is Cc1coc2c(C)c3oc(=O)c(CCC(=O)Nc4nccs4)c(C)c3cc12. The minimum Gasteiger partial charge on any atom is -0.464 e. The third-order valence-corrected chi connectivity index (χ3v) is 5.50. The molecule has 27 heavy (non-hydrogen) atoms. The second kappa shape index (κ2) is 6.66. The molecule has 6 nitrogen and oxygen atoms in total. The van der Waals surface area contributed by atoms with E-state index < -0.39 is 5.63 Å². The highest BCUT2D eigenvalue weighted by Crippen LogP contribution is 2.32. The van der Waals surface area contributed by atoms with Crippen LogP contribution in [0.5, 0.6) is 0 Å². The van der Waals surface area contributed by atoms with Gasteiger partial charge in [-0.1, -0.05) is 0 Å². The van der Waals surface area contributed by atoms with Crippen molar-refractivity contribution < 1.29 is 13.6 Å². The molecule has 0 unspecified atom stereocenters. The summed E-state index contributed by atoms with van der Waals surface area (Å²) in [5.41, 5.74) is 4.07. The predicted octanol–water partition coefficient (Wildman–Crippen LogP) is 4.49. The number of carbonyl (C=O) groups is 1. The standard InChI is InChI=1S/C20H18N2O4S/c1-10-9-25-17-12(3)18-15(8-14(10)17)11(2)13(19(24)26-18)4-5-16(23)22-20-21-6-7-27-20/h6-9H,4-5H2,1-3H3,(H,21,22,23). The van der Waals surface area contributed by atoms with Gasteiger partial charge in [-0.2, -0.15) is 0 Å². The second-order valence-electron chi connectivity index (χ2n) is 6.55. The van der Waals surface area contributed by atoms with E-state index in [1.807, 2.05) is 26.8 Å². The number of anilines is 1. The summed E-state index contributed by atoms with van der Waals surface area (Å²) in [5.74, 6) is -0.179. The molecule has 3 heterocycles. The van der Waals surface area contributed by atoms with Gasteiger partial charge in [0.05, 0.1) is 6.26 Å². The van der Waals surface area contributed by atoms with Crippen LogP contribution in [0, 0.1) is 20.8 Å². The first-order valence-electron chi connectivity index (χ1n) is 8.58. The molecule has 0 aliphatic rings. The molecular weight excluding hydrogens is 364 g/mol. The van der Waals surface area contributed by atoms with Crippen molar-refractivity contribution in [1.29, 1.82) is 0 Å². The summed E-state index contributed by atoms with van der Waals surface area (Å²) in [6.45, 7) is 5.76. The average Bonchev–Trinajstić information content (AvgIpc) is 3.26. The maximum atomic E-state index is 12.5. The summed E-state index contributed by atoms with van der Waals surface area (Å²) in [6.07, 6.45) is 3.82. The van der Waals surface area contributed by atoms with E-state index in [1.54, 1.807) is 17.8 Å². The average molecular weight is 382 g/mol. The number of carbonyl (C=O) groups excluding carboxylic acids is 1. The van der Waals surface area contributed by atoms with Gasteiger partial charge in [0.25, 0.3) is 0 Å². The van der Waals surface area contributed by atoms with Gasteiger partial charge < -0.3 is 14.2 Å². The first-order valence-corrected chi connectivity index (χ1v) is 9.46. The Hall–Kier alpha value is -2.93. The van der Waals surface area contributed by atoms with Gasteiger partial charge in [-0.15, -0.1) is 11.3 Å². The summed E-state index contributed by atoms with van der Waals surface area (Å²) in [4.78, 5) is 28.7. The fourth-order valence-electron chi connectivity index (χ4n) is 3.31. The Morgan fingerprint density at radius 2 is 2.00 bits per heavy atom. The summed E-state index contributed by atoms with van der Waals surface area (Å²) in [5, 5.41) is 6.95. The number of hydrogen-bond acceptors (Lipinski definition) is 6. The number of thiazole rings is 1. The molecule has 4 aromatic rings. The quantitative estimate of drug-likeness (QED) is 0.526. The lowest BCUT2D eigenvalue weighted by Gasteiger charge is -2.10. The first-order chi connectivity index (χ1) is 13.0. The Morgan fingerprint density at radius 1 is 1.19 bits per heavy atom. The van der Waals surface area contributed by atoms with Gasteiger partial charge in [-0.05, 0) is 44.4 Å². The van der Waals surface area contributed by atoms with E-state index in [-0.39, 0.29) is 12.3 Å². The molecule has 0 aliphatic carbocycles. The Labute approximate surface area is 158 Å². The summed E-state index contributed by atoms with van der Waals surface area (Å²) in [6, 6.07) is 1.99. The number of fused-ring (bicyclic) bond motifs is 2. The van der Waals surface area contributed by atoms with Crippen LogP contribution in [-0.2, 0) is 11.2 Å². The monoisotopic (exact) mass is 382 g/mol. The molecule has 4 rings (SSSR count). The largest absolute Gasteiger partial charge is 0.464 e. The molecule has 7 heteroatoms. The smallest absolute Gasteiger partial charge is 0.339 e. The number of nitrogens with zero attached hydrogens (tertiary/aromatic N) is 1. The molecule has 0 spiro atoms. The normalized spacial score (nSPS) is 11.4. The summed E-state index contributed by atoms with van der Waals surface area (Å²) in [7, 11) is 0. The van der Waals surface area contributed by atoms with Crippen LogP contribution in [-0.4, -0.2) is 10.9 Å². The highest BCUT2D eigenvalue weighted by atomic mass is 32.1. The molecule has 0 atom stereocenters. The minimum absolute atomic E-state index is 0.179. The van der Waals surface area contributed by atoms with Gasteiger partial charge >= 0.3 is 5.63 Å². The van der Waals surface area contributed by atoms with E-state index in [1.165, 1.54) is 11.3 Å². The molecule has 0 fully saturated rings. The van der Waals surface area contributed by atoms with Gasteiger partial charge in [0, 0.05) is 39.9 Å². The zero-order valence-electron chi connectivity index (χ0n) is 15.2. The highest BCUT2D eigenvalue weighted by Gasteiger charge is 2.18.